The molecule has 1 atom stereocenters. The predicted molar refractivity (Wildman–Crippen MR) is 78.2 cm³/mol. The highest BCUT2D eigenvalue weighted by Crippen LogP contribution is 2.43. The van der Waals surface area contributed by atoms with E-state index >= 15 is 0 Å². The van der Waals surface area contributed by atoms with Gasteiger partial charge < -0.3 is 0 Å². The first-order valence-corrected chi connectivity index (χ1v) is 7.01. The first kappa shape index (κ1) is 14.5. The van der Waals surface area contributed by atoms with E-state index in [-0.39, 0.29) is 16.4 Å². The van der Waals surface area contributed by atoms with Gasteiger partial charge >= 0.3 is 0 Å². The van der Waals surface area contributed by atoms with Crippen LogP contribution in [0.15, 0.2) is 18.2 Å². The fourth-order valence-electron chi connectivity index (χ4n) is 2.78. The average molecular weight is 262 g/mol. The Bertz CT molecular complexity index is 471. The zero-order valence-electron chi connectivity index (χ0n) is 13.3. The number of benzene rings is 1. The van der Waals surface area contributed by atoms with Crippen molar-refractivity contribution in [3.8, 4) is 0 Å². The van der Waals surface area contributed by atoms with E-state index in [9.17, 15) is 0 Å². The Hall–Kier alpha value is -0.860. The summed E-state index contributed by atoms with van der Waals surface area (Å²) in [5, 5.41) is 0. The first-order valence-electron chi connectivity index (χ1n) is 7.01. The van der Waals surface area contributed by atoms with Gasteiger partial charge in [-0.05, 0) is 34.4 Å². The molecule has 1 unspecified atom stereocenters. The van der Waals surface area contributed by atoms with Gasteiger partial charge in [0, 0.05) is 0 Å². The Labute approximate surface area is 117 Å². The quantitative estimate of drug-likeness (QED) is 0.696. The molecule has 0 bridgehead atoms. The van der Waals surface area contributed by atoms with Crippen molar-refractivity contribution in [3.63, 3.8) is 0 Å². The first-order chi connectivity index (χ1) is 8.56. The number of rotatable bonds is 1. The van der Waals surface area contributed by atoms with E-state index in [0.717, 1.165) is 0 Å². The van der Waals surface area contributed by atoms with Gasteiger partial charge in [-0.3, -0.25) is 0 Å². The molecule has 1 fully saturated rings. The normalized spacial score (nSPS) is 24.2. The highest BCUT2D eigenvalue weighted by molar-refractivity contribution is 5.46. The molecule has 1 saturated heterocycles. The molecule has 0 saturated carbocycles. The largest absolute Gasteiger partial charge is 0.232 e. The van der Waals surface area contributed by atoms with Gasteiger partial charge in [0.15, 0.2) is 5.60 Å². The summed E-state index contributed by atoms with van der Waals surface area (Å²) < 4.78 is 0. The van der Waals surface area contributed by atoms with E-state index in [0.29, 0.717) is 6.61 Å². The molecule has 0 amide bonds. The van der Waals surface area contributed by atoms with E-state index < -0.39 is 0 Å². The molecule has 0 aliphatic carbocycles. The van der Waals surface area contributed by atoms with Crippen LogP contribution in [0.1, 0.15) is 65.2 Å². The van der Waals surface area contributed by atoms with Crippen LogP contribution in [-0.4, -0.2) is 6.61 Å². The van der Waals surface area contributed by atoms with Gasteiger partial charge in [0.1, 0.15) is 6.61 Å². The zero-order valence-corrected chi connectivity index (χ0v) is 13.3. The van der Waals surface area contributed by atoms with E-state index in [4.69, 9.17) is 9.78 Å². The highest BCUT2D eigenvalue weighted by Gasteiger charge is 2.42. The van der Waals surface area contributed by atoms with E-state index in [1.807, 2.05) is 0 Å². The number of hydrogen-bond acceptors (Lipinski definition) is 2. The molecule has 0 N–H and O–H groups in total. The fourth-order valence-corrected chi connectivity index (χ4v) is 2.78. The van der Waals surface area contributed by atoms with Crippen LogP contribution in [-0.2, 0) is 26.2 Å². The summed E-state index contributed by atoms with van der Waals surface area (Å²) in [6.07, 6.45) is 0. The zero-order chi connectivity index (χ0) is 14.5. The van der Waals surface area contributed by atoms with Gasteiger partial charge in [-0.25, -0.2) is 9.78 Å². The minimum atomic E-state index is -0.302. The summed E-state index contributed by atoms with van der Waals surface area (Å²) in [5.41, 5.74) is 3.96. The Kier molecular flexibility index (Phi) is 3.31. The Morgan fingerprint density at radius 2 is 1.58 bits per heavy atom. The van der Waals surface area contributed by atoms with Crippen molar-refractivity contribution in [1.29, 1.82) is 0 Å². The number of hydrogen-bond donors (Lipinski definition) is 0. The van der Waals surface area contributed by atoms with Crippen LogP contribution in [0.4, 0.5) is 0 Å². The second kappa shape index (κ2) is 4.32. The lowest BCUT2D eigenvalue weighted by atomic mass is 9.70. The molecule has 0 spiro atoms. The molecule has 1 aliphatic heterocycles. The van der Waals surface area contributed by atoms with Gasteiger partial charge in [-0.15, -0.1) is 0 Å². The highest BCUT2D eigenvalue weighted by atomic mass is 17.2. The third-order valence-electron chi connectivity index (χ3n) is 3.77. The standard InChI is InChI=1S/C17H26O2/c1-15(2,3)12-9-8-10-13(14(12)16(4,5)6)17(7)11-18-19-17/h8-10H,11H2,1-7H3. The second-order valence-electron chi connectivity index (χ2n) is 7.80. The summed E-state index contributed by atoms with van der Waals surface area (Å²) in [6.45, 7) is 16.3. The lowest BCUT2D eigenvalue weighted by molar-refractivity contribution is -0.474. The Morgan fingerprint density at radius 3 is 1.95 bits per heavy atom. The van der Waals surface area contributed by atoms with Crippen LogP contribution in [0.3, 0.4) is 0 Å². The molecule has 2 heteroatoms. The van der Waals surface area contributed by atoms with Gasteiger partial charge in [0.25, 0.3) is 0 Å². The monoisotopic (exact) mass is 262 g/mol. The molecule has 19 heavy (non-hydrogen) atoms. The molecule has 2 rings (SSSR count). The third-order valence-corrected chi connectivity index (χ3v) is 3.77. The van der Waals surface area contributed by atoms with Crippen molar-refractivity contribution in [2.75, 3.05) is 6.61 Å². The molecule has 0 radical (unpaired) electrons. The summed E-state index contributed by atoms with van der Waals surface area (Å²) in [5.74, 6) is 0. The lowest BCUT2D eigenvalue weighted by Crippen LogP contribution is -2.44. The molecule has 106 valence electrons. The van der Waals surface area contributed by atoms with Gasteiger partial charge in [-0.1, -0.05) is 59.7 Å². The molecular weight excluding hydrogens is 236 g/mol. The summed E-state index contributed by atoms with van der Waals surface area (Å²) >= 11 is 0. The van der Waals surface area contributed by atoms with Crippen molar-refractivity contribution < 1.29 is 9.78 Å². The van der Waals surface area contributed by atoms with Crippen molar-refractivity contribution in [1.82, 2.24) is 0 Å². The lowest BCUT2D eigenvalue weighted by Gasteiger charge is -2.42. The SMILES string of the molecule is CC(C)(C)c1cccc(C2(C)COO2)c1C(C)(C)C. The van der Waals surface area contributed by atoms with Gasteiger partial charge in [-0.2, -0.15) is 0 Å². The summed E-state index contributed by atoms with van der Waals surface area (Å²) in [7, 11) is 0. The van der Waals surface area contributed by atoms with Crippen LogP contribution in [0.2, 0.25) is 0 Å². The molecular formula is C17H26O2. The molecule has 2 nitrogen and oxygen atoms in total. The van der Waals surface area contributed by atoms with Crippen LogP contribution in [0.5, 0.6) is 0 Å². The fraction of sp³-hybridized carbons (Fsp3) is 0.647. The van der Waals surface area contributed by atoms with Crippen LogP contribution in [0, 0.1) is 0 Å². The molecule has 1 aliphatic rings. The van der Waals surface area contributed by atoms with Gasteiger partial charge in [0.2, 0.25) is 0 Å². The maximum Gasteiger partial charge on any atom is 0.152 e. The van der Waals surface area contributed by atoms with E-state index in [2.05, 4.69) is 66.7 Å². The molecule has 0 aromatic heterocycles. The molecule has 1 aromatic carbocycles. The van der Waals surface area contributed by atoms with Crippen molar-refractivity contribution in [2.45, 2.75) is 64.9 Å². The molecule has 1 heterocycles. The predicted octanol–water partition coefficient (Wildman–Crippen LogP) is 4.46. The maximum absolute atomic E-state index is 5.41. The maximum atomic E-state index is 5.41. The van der Waals surface area contributed by atoms with Crippen molar-refractivity contribution in [3.05, 3.63) is 34.9 Å². The van der Waals surface area contributed by atoms with E-state index in [1.165, 1.54) is 16.7 Å². The minimum absolute atomic E-state index is 0.0845. The van der Waals surface area contributed by atoms with Crippen molar-refractivity contribution >= 4 is 0 Å². The third kappa shape index (κ3) is 2.56. The second-order valence-corrected chi connectivity index (χ2v) is 7.80. The van der Waals surface area contributed by atoms with E-state index in [1.54, 1.807) is 0 Å². The smallest absolute Gasteiger partial charge is 0.152 e. The summed E-state index contributed by atoms with van der Waals surface area (Å²) in [6, 6.07) is 6.56. The molecule has 1 aromatic rings. The average Bonchev–Trinajstić information content (AvgIpc) is 2.22. The minimum Gasteiger partial charge on any atom is -0.232 e. The van der Waals surface area contributed by atoms with Gasteiger partial charge in [0.05, 0.1) is 0 Å². The van der Waals surface area contributed by atoms with Crippen LogP contribution >= 0.6 is 0 Å². The van der Waals surface area contributed by atoms with Crippen molar-refractivity contribution in [2.24, 2.45) is 0 Å². The topological polar surface area (TPSA) is 18.5 Å². The Morgan fingerprint density at radius 1 is 1.00 bits per heavy atom. The van der Waals surface area contributed by atoms with Crippen LogP contribution < -0.4 is 0 Å². The summed E-state index contributed by atoms with van der Waals surface area (Å²) in [4.78, 5) is 10.4. The van der Waals surface area contributed by atoms with Crippen LogP contribution in [0.25, 0.3) is 0 Å². The Balaban J connectivity index is 2.68.